The molecule has 8 heteroatoms. The number of ether oxygens (including phenoxy) is 1. The summed E-state index contributed by atoms with van der Waals surface area (Å²) in [5.74, 6) is 3.83. The molecule has 0 unspecified atom stereocenters. The van der Waals surface area contributed by atoms with Crippen molar-refractivity contribution in [2.24, 2.45) is 0 Å². The number of fused-ring (bicyclic) bond motifs is 1. The highest BCUT2D eigenvalue weighted by Gasteiger charge is 2.09. The summed E-state index contributed by atoms with van der Waals surface area (Å²) in [7, 11) is 1.52. The summed E-state index contributed by atoms with van der Waals surface area (Å²) in [6.07, 6.45) is 8.36. The first-order valence-corrected chi connectivity index (χ1v) is 8.06. The van der Waals surface area contributed by atoms with E-state index in [9.17, 15) is 9.59 Å². The van der Waals surface area contributed by atoms with Gasteiger partial charge in [-0.25, -0.2) is 14.6 Å². The number of hydrogen-bond donors (Lipinski definition) is 3. The molecule has 1 aromatic carbocycles. The molecular weight excluding hydrogens is 346 g/mol. The lowest BCUT2D eigenvalue weighted by atomic mass is 10.2. The predicted octanol–water partition coefficient (Wildman–Crippen LogP) is 2.77. The SMILES string of the molecule is C#CCNC(=O)n1ccc2cc(Oc3ccnc(NC(=O)NC)c3)ccc21. The molecule has 3 amide bonds. The Kier molecular flexibility index (Phi) is 5.23. The number of nitrogens with zero attached hydrogens (tertiary/aromatic N) is 2. The Morgan fingerprint density at radius 2 is 2.04 bits per heavy atom. The van der Waals surface area contributed by atoms with Crippen LogP contribution in [0.5, 0.6) is 11.5 Å². The Labute approximate surface area is 155 Å². The van der Waals surface area contributed by atoms with Crippen molar-refractivity contribution >= 4 is 28.8 Å². The molecule has 0 spiro atoms. The molecule has 136 valence electrons. The van der Waals surface area contributed by atoms with E-state index in [1.807, 2.05) is 12.1 Å². The molecule has 0 fully saturated rings. The largest absolute Gasteiger partial charge is 0.457 e. The summed E-state index contributed by atoms with van der Waals surface area (Å²) in [5, 5.41) is 8.48. The van der Waals surface area contributed by atoms with Crippen molar-refractivity contribution in [2.45, 2.75) is 0 Å². The van der Waals surface area contributed by atoms with Crippen LogP contribution in [-0.4, -0.2) is 35.2 Å². The van der Waals surface area contributed by atoms with E-state index in [1.165, 1.54) is 17.8 Å². The number of urea groups is 1. The molecule has 3 aromatic rings. The second kappa shape index (κ2) is 7.93. The van der Waals surface area contributed by atoms with E-state index >= 15 is 0 Å². The van der Waals surface area contributed by atoms with Crippen molar-refractivity contribution in [2.75, 3.05) is 18.9 Å². The maximum atomic E-state index is 12.1. The number of anilines is 1. The maximum absolute atomic E-state index is 12.1. The second-order valence-electron chi connectivity index (χ2n) is 5.45. The number of aromatic nitrogens is 2. The first kappa shape index (κ1) is 17.8. The number of rotatable bonds is 4. The Morgan fingerprint density at radius 3 is 2.81 bits per heavy atom. The van der Waals surface area contributed by atoms with Gasteiger partial charge in [0.25, 0.3) is 0 Å². The molecule has 0 bridgehead atoms. The van der Waals surface area contributed by atoms with Gasteiger partial charge in [-0.2, -0.15) is 0 Å². The van der Waals surface area contributed by atoms with Crippen molar-refractivity contribution in [3.63, 3.8) is 0 Å². The molecule has 27 heavy (non-hydrogen) atoms. The summed E-state index contributed by atoms with van der Waals surface area (Å²) in [6, 6.07) is 9.77. The van der Waals surface area contributed by atoms with Crippen LogP contribution in [0.15, 0.2) is 48.8 Å². The molecule has 0 aliphatic carbocycles. The Hall–Kier alpha value is -3.99. The summed E-state index contributed by atoms with van der Waals surface area (Å²) >= 11 is 0. The molecule has 0 aliphatic heterocycles. The average Bonchev–Trinajstić information content (AvgIpc) is 3.09. The van der Waals surface area contributed by atoms with Crippen LogP contribution in [-0.2, 0) is 0 Å². The highest BCUT2D eigenvalue weighted by molar-refractivity contribution is 5.92. The minimum absolute atomic E-state index is 0.161. The van der Waals surface area contributed by atoms with Gasteiger partial charge in [0.1, 0.15) is 17.3 Å². The Balaban J connectivity index is 1.79. The standard InChI is InChI=1S/C19H17N5O3/c1-3-8-22-19(26)24-10-7-13-11-14(4-5-16(13)24)27-15-6-9-21-17(12-15)23-18(25)20-2/h1,4-7,9-12H,8H2,2H3,(H,22,26)(H2,20,21,23,25). The third-order valence-corrected chi connectivity index (χ3v) is 3.66. The van der Waals surface area contributed by atoms with Crippen LogP contribution >= 0.6 is 0 Å². The van der Waals surface area contributed by atoms with Crippen molar-refractivity contribution in [3.8, 4) is 23.8 Å². The molecule has 3 N–H and O–H groups in total. The normalized spacial score (nSPS) is 10.1. The van der Waals surface area contributed by atoms with Gasteiger partial charge in [-0.05, 0) is 30.3 Å². The van der Waals surface area contributed by atoms with E-state index in [0.29, 0.717) is 17.3 Å². The van der Waals surface area contributed by atoms with E-state index in [0.717, 1.165) is 10.9 Å². The van der Waals surface area contributed by atoms with Gasteiger partial charge >= 0.3 is 12.1 Å². The van der Waals surface area contributed by atoms with Crippen LogP contribution in [0.3, 0.4) is 0 Å². The third-order valence-electron chi connectivity index (χ3n) is 3.66. The number of hydrogen-bond acceptors (Lipinski definition) is 4. The van der Waals surface area contributed by atoms with Gasteiger partial charge in [0.05, 0.1) is 12.1 Å². The summed E-state index contributed by atoms with van der Waals surface area (Å²) < 4.78 is 7.31. The van der Waals surface area contributed by atoms with Crippen LogP contribution in [0.25, 0.3) is 10.9 Å². The number of terminal acetylenes is 1. The number of amides is 3. The van der Waals surface area contributed by atoms with Crippen molar-refractivity contribution in [3.05, 3.63) is 48.8 Å². The van der Waals surface area contributed by atoms with Crippen LogP contribution < -0.4 is 20.7 Å². The highest BCUT2D eigenvalue weighted by Crippen LogP contribution is 2.27. The van der Waals surface area contributed by atoms with Crippen LogP contribution in [0, 0.1) is 12.3 Å². The van der Waals surface area contributed by atoms with Crippen LogP contribution in [0.1, 0.15) is 0 Å². The van der Waals surface area contributed by atoms with E-state index < -0.39 is 0 Å². The van der Waals surface area contributed by atoms with Crippen LogP contribution in [0.2, 0.25) is 0 Å². The molecular formula is C19H17N5O3. The van der Waals surface area contributed by atoms with Gasteiger partial charge in [0.2, 0.25) is 0 Å². The molecule has 0 saturated heterocycles. The molecule has 2 heterocycles. The van der Waals surface area contributed by atoms with E-state index in [4.69, 9.17) is 11.2 Å². The van der Waals surface area contributed by atoms with Gasteiger partial charge in [0, 0.05) is 30.9 Å². The van der Waals surface area contributed by atoms with Crippen molar-refractivity contribution in [1.29, 1.82) is 0 Å². The van der Waals surface area contributed by atoms with Gasteiger partial charge < -0.3 is 15.4 Å². The average molecular weight is 363 g/mol. The lowest BCUT2D eigenvalue weighted by molar-refractivity contribution is 0.244. The predicted molar refractivity (Wildman–Crippen MR) is 102 cm³/mol. The monoisotopic (exact) mass is 363 g/mol. The smallest absolute Gasteiger partial charge is 0.326 e. The maximum Gasteiger partial charge on any atom is 0.326 e. The highest BCUT2D eigenvalue weighted by atomic mass is 16.5. The fourth-order valence-electron chi connectivity index (χ4n) is 2.43. The minimum Gasteiger partial charge on any atom is -0.457 e. The minimum atomic E-state index is -0.370. The Morgan fingerprint density at radius 1 is 1.22 bits per heavy atom. The lowest BCUT2D eigenvalue weighted by Crippen LogP contribution is -2.27. The molecule has 2 aromatic heterocycles. The summed E-state index contributed by atoms with van der Waals surface area (Å²) in [6.45, 7) is 0.161. The number of carbonyl (C=O) groups is 2. The van der Waals surface area contributed by atoms with Gasteiger partial charge in [0.15, 0.2) is 0 Å². The van der Waals surface area contributed by atoms with Crippen LogP contribution in [0.4, 0.5) is 15.4 Å². The topological polar surface area (TPSA) is 97.3 Å². The fraction of sp³-hybridized carbons (Fsp3) is 0.105. The first-order valence-electron chi connectivity index (χ1n) is 8.06. The van der Waals surface area contributed by atoms with E-state index in [2.05, 4.69) is 26.9 Å². The van der Waals surface area contributed by atoms with Crippen molar-refractivity contribution < 1.29 is 14.3 Å². The summed E-state index contributed by atoms with van der Waals surface area (Å²) in [4.78, 5) is 27.5. The number of benzene rings is 1. The van der Waals surface area contributed by atoms with Gasteiger partial charge in [-0.1, -0.05) is 5.92 Å². The lowest BCUT2D eigenvalue weighted by Gasteiger charge is -2.09. The number of pyridine rings is 1. The molecule has 3 rings (SSSR count). The number of nitrogens with one attached hydrogen (secondary N) is 3. The number of carbonyl (C=O) groups excluding carboxylic acids is 2. The zero-order valence-electron chi connectivity index (χ0n) is 14.5. The molecule has 0 atom stereocenters. The van der Waals surface area contributed by atoms with Gasteiger partial charge in [-0.15, -0.1) is 6.42 Å². The van der Waals surface area contributed by atoms with Crippen molar-refractivity contribution in [1.82, 2.24) is 20.2 Å². The quantitative estimate of drug-likeness (QED) is 0.621. The third kappa shape index (κ3) is 4.16. The summed E-state index contributed by atoms with van der Waals surface area (Å²) in [5.41, 5.74) is 0.730. The Bertz CT molecular complexity index is 1040. The molecule has 0 radical (unpaired) electrons. The van der Waals surface area contributed by atoms with Gasteiger partial charge in [-0.3, -0.25) is 9.88 Å². The second-order valence-corrected chi connectivity index (χ2v) is 5.45. The van der Waals surface area contributed by atoms with E-state index in [-0.39, 0.29) is 18.6 Å². The van der Waals surface area contributed by atoms with E-state index in [1.54, 1.807) is 30.5 Å². The zero-order chi connectivity index (χ0) is 19.2. The molecule has 0 aliphatic rings. The fourth-order valence-corrected chi connectivity index (χ4v) is 2.43. The molecule has 8 nitrogen and oxygen atoms in total. The zero-order valence-corrected chi connectivity index (χ0v) is 14.5. The molecule has 0 saturated carbocycles. The first-order chi connectivity index (χ1) is 13.1.